The summed E-state index contributed by atoms with van der Waals surface area (Å²) in [5.74, 6) is -0.451. The molecule has 0 bridgehead atoms. The molecule has 0 radical (unpaired) electrons. The monoisotopic (exact) mass is 384 g/mol. The lowest BCUT2D eigenvalue weighted by Gasteiger charge is -2.17. The van der Waals surface area contributed by atoms with Crippen molar-refractivity contribution in [2.75, 3.05) is 20.4 Å². The lowest BCUT2D eigenvalue weighted by Crippen LogP contribution is -2.47. The predicted octanol–water partition coefficient (Wildman–Crippen LogP) is 1.05. The van der Waals surface area contributed by atoms with Gasteiger partial charge in [-0.15, -0.1) is 0 Å². The van der Waals surface area contributed by atoms with Gasteiger partial charge in [-0.25, -0.2) is 4.79 Å². The van der Waals surface area contributed by atoms with E-state index in [0.717, 1.165) is 5.56 Å². The van der Waals surface area contributed by atoms with Crippen LogP contribution in [-0.4, -0.2) is 44.3 Å². The minimum atomic E-state index is -0.845. The maximum atomic E-state index is 12.2. The van der Waals surface area contributed by atoms with E-state index in [2.05, 4.69) is 10.6 Å². The van der Waals surface area contributed by atoms with Crippen molar-refractivity contribution in [1.29, 1.82) is 0 Å². The van der Waals surface area contributed by atoms with Crippen molar-refractivity contribution in [2.24, 2.45) is 0 Å². The highest BCUT2D eigenvalue weighted by Crippen LogP contribution is 2.32. The van der Waals surface area contributed by atoms with E-state index in [9.17, 15) is 14.4 Å². The van der Waals surface area contributed by atoms with E-state index in [0.29, 0.717) is 17.1 Å². The Balaban J connectivity index is 1.55. The zero-order valence-electron chi connectivity index (χ0n) is 15.3. The summed E-state index contributed by atoms with van der Waals surface area (Å²) < 4.78 is 15.2. The van der Waals surface area contributed by atoms with Crippen molar-refractivity contribution >= 4 is 17.8 Å². The first kappa shape index (κ1) is 19.2. The molecule has 2 aromatic rings. The first-order valence-electron chi connectivity index (χ1n) is 8.66. The van der Waals surface area contributed by atoms with Crippen molar-refractivity contribution in [2.45, 2.75) is 12.5 Å². The second-order valence-electron chi connectivity index (χ2n) is 6.08. The first-order valence-corrected chi connectivity index (χ1v) is 8.66. The van der Waals surface area contributed by atoms with E-state index < -0.39 is 23.8 Å². The van der Waals surface area contributed by atoms with Gasteiger partial charge in [-0.2, -0.15) is 0 Å². The van der Waals surface area contributed by atoms with E-state index in [-0.39, 0.29) is 19.8 Å². The second-order valence-corrected chi connectivity index (χ2v) is 6.08. The first-order chi connectivity index (χ1) is 13.6. The smallest absolute Gasteiger partial charge is 0.328 e. The second kappa shape index (κ2) is 8.90. The highest BCUT2D eigenvalue weighted by molar-refractivity contribution is 5.97. The number of amides is 2. The molecule has 146 valence electrons. The summed E-state index contributed by atoms with van der Waals surface area (Å²) in [6.45, 7) is -0.172. The van der Waals surface area contributed by atoms with Crippen molar-refractivity contribution in [3.63, 3.8) is 0 Å². The summed E-state index contributed by atoms with van der Waals surface area (Å²) in [4.78, 5) is 36.4. The Morgan fingerprint density at radius 1 is 1.07 bits per heavy atom. The highest BCUT2D eigenvalue weighted by atomic mass is 16.7. The topological polar surface area (TPSA) is 103 Å². The molecule has 1 atom stereocenters. The Kier molecular flexibility index (Phi) is 6.11. The van der Waals surface area contributed by atoms with Crippen molar-refractivity contribution in [1.82, 2.24) is 10.6 Å². The number of hydrogen-bond donors (Lipinski definition) is 2. The number of methoxy groups -OCH3 is 1. The molecule has 3 rings (SSSR count). The van der Waals surface area contributed by atoms with Crippen LogP contribution in [0.3, 0.4) is 0 Å². The molecule has 0 aromatic heterocycles. The molecule has 0 spiro atoms. The van der Waals surface area contributed by atoms with Gasteiger partial charge in [0.05, 0.1) is 13.7 Å². The van der Waals surface area contributed by atoms with Gasteiger partial charge in [0.1, 0.15) is 6.04 Å². The Hall–Kier alpha value is -3.55. The molecule has 8 heteroatoms. The van der Waals surface area contributed by atoms with Crippen LogP contribution in [0.2, 0.25) is 0 Å². The number of benzene rings is 2. The van der Waals surface area contributed by atoms with Crippen LogP contribution in [-0.2, 0) is 20.7 Å². The average molecular weight is 384 g/mol. The number of fused-ring (bicyclic) bond motifs is 1. The van der Waals surface area contributed by atoms with E-state index in [1.165, 1.54) is 7.11 Å². The van der Waals surface area contributed by atoms with Crippen LogP contribution in [0, 0.1) is 0 Å². The third-order valence-corrected chi connectivity index (χ3v) is 4.15. The Morgan fingerprint density at radius 2 is 1.82 bits per heavy atom. The number of hydrogen-bond acceptors (Lipinski definition) is 6. The SMILES string of the molecule is COC(=O)[C@H](Cc1ccccc1)NC(=O)CNC(=O)c1ccc2c(c1)OCO2. The molecule has 0 aliphatic carbocycles. The maximum Gasteiger partial charge on any atom is 0.328 e. The maximum absolute atomic E-state index is 12.2. The molecule has 8 nitrogen and oxygen atoms in total. The van der Waals surface area contributed by atoms with Crippen LogP contribution in [0.15, 0.2) is 48.5 Å². The summed E-state index contributed by atoms with van der Waals surface area (Å²) in [6, 6.07) is 13.2. The van der Waals surface area contributed by atoms with Gasteiger partial charge in [-0.3, -0.25) is 9.59 Å². The van der Waals surface area contributed by atoms with Crippen molar-refractivity contribution in [3.8, 4) is 11.5 Å². The Morgan fingerprint density at radius 3 is 2.57 bits per heavy atom. The molecule has 0 saturated carbocycles. The van der Waals surface area contributed by atoms with Crippen LogP contribution >= 0.6 is 0 Å². The minimum absolute atomic E-state index is 0.110. The molecule has 0 fully saturated rings. The Bertz CT molecular complexity index is 868. The predicted molar refractivity (Wildman–Crippen MR) is 99.0 cm³/mol. The molecular formula is C20H20N2O6. The lowest BCUT2D eigenvalue weighted by molar-refractivity contribution is -0.144. The molecule has 28 heavy (non-hydrogen) atoms. The van der Waals surface area contributed by atoms with Gasteiger partial charge >= 0.3 is 5.97 Å². The summed E-state index contributed by atoms with van der Waals surface area (Å²) in [7, 11) is 1.26. The van der Waals surface area contributed by atoms with E-state index in [1.54, 1.807) is 18.2 Å². The van der Waals surface area contributed by atoms with Gasteiger partial charge in [-0.05, 0) is 23.8 Å². The standard InChI is InChI=1S/C20H20N2O6/c1-26-20(25)15(9-13-5-3-2-4-6-13)22-18(23)11-21-19(24)14-7-8-16-17(10-14)28-12-27-16/h2-8,10,15H,9,11-12H2,1H3,(H,21,24)(H,22,23)/t15-/m0/s1. The fourth-order valence-corrected chi connectivity index (χ4v) is 2.73. The van der Waals surface area contributed by atoms with Crippen molar-refractivity contribution < 1.29 is 28.6 Å². The third kappa shape index (κ3) is 4.79. The van der Waals surface area contributed by atoms with Gasteiger partial charge in [-0.1, -0.05) is 30.3 Å². The fraction of sp³-hybridized carbons (Fsp3) is 0.250. The average Bonchev–Trinajstić information content (AvgIpc) is 3.19. The fourth-order valence-electron chi connectivity index (χ4n) is 2.73. The molecule has 2 aromatic carbocycles. The minimum Gasteiger partial charge on any atom is -0.467 e. The van der Waals surface area contributed by atoms with E-state index in [4.69, 9.17) is 14.2 Å². The molecule has 1 heterocycles. The summed E-state index contributed by atoms with van der Waals surface area (Å²) in [6.07, 6.45) is 0.287. The van der Waals surface area contributed by atoms with Crippen LogP contribution in [0.25, 0.3) is 0 Å². The lowest BCUT2D eigenvalue weighted by atomic mass is 10.1. The summed E-state index contributed by atoms with van der Waals surface area (Å²) >= 11 is 0. The summed E-state index contributed by atoms with van der Waals surface area (Å²) in [5.41, 5.74) is 1.22. The van der Waals surface area contributed by atoms with Crippen LogP contribution in [0.1, 0.15) is 15.9 Å². The van der Waals surface area contributed by atoms with E-state index >= 15 is 0 Å². The number of esters is 1. The zero-order valence-corrected chi connectivity index (χ0v) is 15.3. The van der Waals surface area contributed by atoms with Gasteiger partial charge < -0.3 is 24.8 Å². The largest absolute Gasteiger partial charge is 0.467 e. The number of nitrogens with one attached hydrogen (secondary N) is 2. The quantitative estimate of drug-likeness (QED) is 0.692. The normalized spacial score (nSPS) is 12.8. The summed E-state index contributed by atoms with van der Waals surface area (Å²) in [5, 5.41) is 5.11. The zero-order chi connectivity index (χ0) is 19.9. The molecule has 1 aliphatic rings. The van der Waals surface area contributed by atoms with Gasteiger partial charge in [0.2, 0.25) is 12.7 Å². The number of ether oxygens (including phenoxy) is 3. The highest BCUT2D eigenvalue weighted by Gasteiger charge is 2.22. The Labute approximate surface area is 161 Å². The van der Waals surface area contributed by atoms with Crippen molar-refractivity contribution in [3.05, 3.63) is 59.7 Å². The third-order valence-electron chi connectivity index (χ3n) is 4.15. The number of carbonyl (C=O) groups excluding carboxylic acids is 3. The molecule has 1 aliphatic heterocycles. The number of rotatable bonds is 7. The molecule has 2 N–H and O–H groups in total. The van der Waals surface area contributed by atoms with Crippen LogP contribution in [0.4, 0.5) is 0 Å². The molecule has 0 unspecified atom stereocenters. The van der Waals surface area contributed by atoms with Crippen LogP contribution < -0.4 is 20.1 Å². The van der Waals surface area contributed by atoms with E-state index in [1.807, 2.05) is 30.3 Å². The van der Waals surface area contributed by atoms with Gasteiger partial charge in [0.25, 0.3) is 5.91 Å². The number of carbonyl (C=O) groups is 3. The van der Waals surface area contributed by atoms with Gasteiger partial charge in [0, 0.05) is 12.0 Å². The van der Waals surface area contributed by atoms with Gasteiger partial charge in [0.15, 0.2) is 11.5 Å². The molecular weight excluding hydrogens is 364 g/mol. The molecule has 2 amide bonds. The van der Waals surface area contributed by atoms with Crippen LogP contribution in [0.5, 0.6) is 11.5 Å². The molecule has 0 saturated heterocycles.